The van der Waals surface area contributed by atoms with Gasteiger partial charge in [0.25, 0.3) is 5.56 Å². The maximum Gasteiger partial charge on any atom is 0.341 e. The van der Waals surface area contributed by atoms with Gasteiger partial charge in [0.05, 0.1) is 29.4 Å². The molecule has 0 aliphatic rings. The van der Waals surface area contributed by atoms with Crippen LogP contribution < -0.4 is 10.9 Å². The minimum atomic E-state index is -0.474. The molecule has 0 saturated heterocycles. The molecule has 0 bridgehead atoms. The number of nitrogens with one attached hydrogen (secondary N) is 1. The highest BCUT2D eigenvalue weighted by molar-refractivity contribution is 7.17. The van der Waals surface area contributed by atoms with Gasteiger partial charge in [0.15, 0.2) is 0 Å². The largest absolute Gasteiger partial charge is 0.462 e. The third-order valence-electron chi connectivity index (χ3n) is 4.40. The predicted molar refractivity (Wildman–Crippen MR) is 114 cm³/mol. The summed E-state index contributed by atoms with van der Waals surface area (Å²) in [5.41, 5.74) is 1.28. The summed E-state index contributed by atoms with van der Waals surface area (Å²) >= 11 is 7.26. The second kappa shape index (κ2) is 8.75. The number of halogens is 1. The Kier molecular flexibility index (Phi) is 6.34. The molecule has 0 radical (unpaired) electrons. The number of anilines is 1. The van der Waals surface area contributed by atoms with E-state index in [1.165, 1.54) is 22.2 Å². The van der Waals surface area contributed by atoms with E-state index in [1.807, 2.05) is 13.8 Å². The van der Waals surface area contributed by atoms with Crippen molar-refractivity contribution in [3.05, 3.63) is 55.9 Å². The van der Waals surface area contributed by atoms with Crippen molar-refractivity contribution in [2.45, 2.75) is 33.7 Å². The van der Waals surface area contributed by atoms with Crippen LogP contribution in [0.2, 0.25) is 5.02 Å². The van der Waals surface area contributed by atoms with Crippen LogP contribution in [0.25, 0.3) is 10.9 Å². The fourth-order valence-electron chi connectivity index (χ4n) is 3.00. The van der Waals surface area contributed by atoms with Crippen molar-refractivity contribution in [2.75, 3.05) is 11.9 Å². The number of rotatable bonds is 6. The molecule has 0 saturated carbocycles. The Hall–Kier alpha value is -2.71. The van der Waals surface area contributed by atoms with E-state index in [2.05, 4.69) is 10.3 Å². The maximum atomic E-state index is 12.6. The summed E-state index contributed by atoms with van der Waals surface area (Å²) in [6.07, 6.45) is 2.04. The highest BCUT2D eigenvalue weighted by Crippen LogP contribution is 2.34. The molecule has 0 aliphatic carbocycles. The first kappa shape index (κ1) is 21.0. The van der Waals surface area contributed by atoms with Crippen molar-refractivity contribution in [3.63, 3.8) is 0 Å². The lowest BCUT2D eigenvalue weighted by Gasteiger charge is -2.09. The number of hydrogen-bond donors (Lipinski definition) is 1. The van der Waals surface area contributed by atoms with Crippen LogP contribution in [0.15, 0.2) is 29.3 Å². The molecular weight excluding hydrogens is 414 g/mol. The van der Waals surface area contributed by atoms with E-state index in [-0.39, 0.29) is 18.7 Å². The van der Waals surface area contributed by atoms with Gasteiger partial charge >= 0.3 is 5.97 Å². The van der Waals surface area contributed by atoms with E-state index in [1.54, 1.807) is 25.1 Å². The molecule has 0 unspecified atom stereocenters. The molecule has 7 nitrogen and oxygen atoms in total. The fraction of sp³-hybridized carbons (Fsp3) is 0.300. The summed E-state index contributed by atoms with van der Waals surface area (Å²) in [6, 6.07) is 4.77. The van der Waals surface area contributed by atoms with Crippen molar-refractivity contribution in [1.82, 2.24) is 9.55 Å². The molecule has 1 N–H and O–H groups in total. The first-order chi connectivity index (χ1) is 13.8. The molecular formula is C20H20ClN3O4S. The van der Waals surface area contributed by atoms with Crippen LogP contribution in [0, 0.1) is 6.92 Å². The molecule has 0 spiro atoms. The van der Waals surface area contributed by atoms with Crippen molar-refractivity contribution >= 4 is 50.7 Å². The van der Waals surface area contributed by atoms with Gasteiger partial charge in [0.1, 0.15) is 11.5 Å². The maximum absolute atomic E-state index is 12.6. The number of nitrogens with zero attached hydrogens (tertiary/aromatic N) is 2. The smallest absolute Gasteiger partial charge is 0.341 e. The number of benzene rings is 1. The van der Waals surface area contributed by atoms with Gasteiger partial charge in [-0.3, -0.25) is 14.2 Å². The summed E-state index contributed by atoms with van der Waals surface area (Å²) in [4.78, 5) is 42.7. The van der Waals surface area contributed by atoms with Crippen LogP contribution in [0.4, 0.5) is 5.00 Å². The second-order valence-electron chi connectivity index (χ2n) is 6.32. The number of hydrogen-bond acceptors (Lipinski definition) is 6. The van der Waals surface area contributed by atoms with E-state index in [0.717, 1.165) is 16.9 Å². The molecule has 3 rings (SSSR count). The second-order valence-corrected chi connectivity index (χ2v) is 7.86. The number of aromatic nitrogens is 2. The average Bonchev–Trinajstić information content (AvgIpc) is 2.99. The van der Waals surface area contributed by atoms with Crippen molar-refractivity contribution in [2.24, 2.45) is 0 Å². The van der Waals surface area contributed by atoms with Gasteiger partial charge in [-0.25, -0.2) is 9.78 Å². The molecule has 9 heteroatoms. The third-order valence-corrected chi connectivity index (χ3v) is 5.99. The zero-order valence-corrected chi connectivity index (χ0v) is 17.8. The number of carbonyl (C=O) groups is 2. The van der Waals surface area contributed by atoms with Gasteiger partial charge in [-0.05, 0) is 44.0 Å². The standard InChI is InChI=1S/C20H20ClN3O4S/c1-4-15-11(3)17(20(27)28-5-2)18(29-15)23-16(25)9-24-10-22-14-8-12(21)6-7-13(14)19(24)26/h6-8,10H,4-5,9H2,1-3H3,(H,23,25). The van der Waals surface area contributed by atoms with Crippen molar-refractivity contribution < 1.29 is 14.3 Å². The number of amides is 1. The first-order valence-electron chi connectivity index (χ1n) is 9.09. The molecule has 3 aromatic rings. The molecule has 2 aromatic heterocycles. The molecule has 29 heavy (non-hydrogen) atoms. The van der Waals surface area contributed by atoms with Gasteiger partial charge in [-0.15, -0.1) is 11.3 Å². The summed E-state index contributed by atoms with van der Waals surface area (Å²) in [6.45, 7) is 5.55. The molecule has 0 fully saturated rings. The van der Waals surface area contributed by atoms with Gasteiger partial charge in [-0.2, -0.15) is 0 Å². The van der Waals surface area contributed by atoms with Gasteiger partial charge in [-0.1, -0.05) is 18.5 Å². The number of thiophene rings is 1. The average molecular weight is 434 g/mol. The molecule has 1 aromatic carbocycles. The summed E-state index contributed by atoms with van der Waals surface area (Å²) in [7, 11) is 0. The highest BCUT2D eigenvalue weighted by atomic mass is 35.5. The lowest BCUT2D eigenvalue weighted by molar-refractivity contribution is -0.116. The SMILES string of the molecule is CCOC(=O)c1c(NC(=O)Cn2cnc3cc(Cl)ccc3c2=O)sc(CC)c1C. The lowest BCUT2D eigenvalue weighted by atomic mass is 10.1. The number of ether oxygens (including phenoxy) is 1. The monoisotopic (exact) mass is 433 g/mol. The first-order valence-corrected chi connectivity index (χ1v) is 10.3. The van der Waals surface area contributed by atoms with E-state index >= 15 is 0 Å². The molecule has 152 valence electrons. The highest BCUT2D eigenvalue weighted by Gasteiger charge is 2.23. The van der Waals surface area contributed by atoms with Gasteiger partial charge in [0.2, 0.25) is 5.91 Å². The molecule has 1 amide bonds. The minimum Gasteiger partial charge on any atom is -0.462 e. The zero-order chi connectivity index (χ0) is 21.1. The summed E-state index contributed by atoms with van der Waals surface area (Å²) < 4.78 is 6.34. The predicted octanol–water partition coefficient (Wildman–Crippen LogP) is 3.80. The lowest BCUT2D eigenvalue weighted by Crippen LogP contribution is -2.28. The van der Waals surface area contributed by atoms with Crippen LogP contribution in [-0.2, 0) is 22.5 Å². The van der Waals surface area contributed by atoms with E-state index in [4.69, 9.17) is 16.3 Å². The Morgan fingerprint density at radius 2 is 2.07 bits per heavy atom. The Morgan fingerprint density at radius 3 is 2.76 bits per heavy atom. The topological polar surface area (TPSA) is 90.3 Å². The van der Waals surface area contributed by atoms with Crippen molar-refractivity contribution in [1.29, 1.82) is 0 Å². The van der Waals surface area contributed by atoms with E-state index in [0.29, 0.717) is 26.5 Å². The fourth-order valence-corrected chi connectivity index (χ4v) is 4.32. The summed E-state index contributed by atoms with van der Waals surface area (Å²) in [5, 5.41) is 4.03. The number of esters is 1. The molecule has 2 heterocycles. The van der Waals surface area contributed by atoms with Crippen LogP contribution in [0.3, 0.4) is 0 Å². The van der Waals surface area contributed by atoms with Crippen molar-refractivity contribution in [3.8, 4) is 0 Å². The normalized spacial score (nSPS) is 10.9. The Labute approximate surface area is 176 Å². The number of carbonyl (C=O) groups excluding carboxylic acids is 2. The van der Waals surface area contributed by atoms with Crippen LogP contribution >= 0.6 is 22.9 Å². The Balaban J connectivity index is 1.87. The Bertz CT molecular complexity index is 1150. The number of aryl methyl sites for hydroxylation is 1. The van der Waals surface area contributed by atoms with E-state index < -0.39 is 11.9 Å². The van der Waals surface area contributed by atoms with Gasteiger partial charge in [0, 0.05) is 9.90 Å². The van der Waals surface area contributed by atoms with Crippen LogP contribution in [-0.4, -0.2) is 28.0 Å². The summed E-state index contributed by atoms with van der Waals surface area (Å²) in [5.74, 6) is -0.908. The van der Waals surface area contributed by atoms with Crippen LogP contribution in [0.5, 0.6) is 0 Å². The van der Waals surface area contributed by atoms with Crippen LogP contribution in [0.1, 0.15) is 34.6 Å². The molecule has 0 aliphatic heterocycles. The molecule has 0 atom stereocenters. The quantitative estimate of drug-likeness (QED) is 0.597. The Morgan fingerprint density at radius 1 is 1.31 bits per heavy atom. The third kappa shape index (κ3) is 4.33. The van der Waals surface area contributed by atoms with Gasteiger partial charge < -0.3 is 10.1 Å². The number of fused-ring (bicyclic) bond motifs is 1. The minimum absolute atomic E-state index is 0.231. The zero-order valence-electron chi connectivity index (χ0n) is 16.2. The van der Waals surface area contributed by atoms with E-state index in [9.17, 15) is 14.4 Å².